The molecule has 0 saturated heterocycles. The zero-order valence-corrected chi connectivity index (χ0v) is 10.8. The average molecular weight is 335 g/mol. The first-order valence-electron chi connectivity index (χ1n) is 5.01. The molecule has 0 saturated carbocycles. The fourth-order valence-electron chi connectivity index (χ4n) is 1.39. The van der Waals surface area contributed by atoms with Crippen LogP contribution in [0.4, 0.5) is 13.2 Å². The van der Waals surface area contributed by atoms with Gasteiger partial charge in [0.15, 0.2) is 10.4 Å². The summed E-state index contributed by atoms with van der Waals surface area (Å²) in [6, 6.07) is 7.62. The molecule has 2 aromatic rings. The Hall–Kier alpha value is -1.76. The van der Waals surface area contributed by atoms with Gasteiger partial charge in [-0.3, -0.25) is 4.79 Å². The van der Waals surface area contributed by atoms with E-state index in [0.29, 0.717) is 4.67 Å². The van der Waals surface area contributed by atoms with Crippen molar-refractivity contribution in [3.63, 3.8) is 0 Å². The van der Waals surface area contributed by atoms with Gasteiger partial charge in [0.2, 0.25) is 5.78 Å². The van der Waals surface area contributed by atoms with E-state index in [0.717, 1.165) is 12.1 Å². The smallest absolute Gasteiger partial charge is 0.446 e. The van der Waals surface area contributed by atoms with E-state index < -0.39 is 12.1 Å². The topological polar surface area (TPSA) is 39.4 Å². The van der Waals surface area contributed by atoms with Gasteiger partial charge >= 0.3 is 6.36 Å². The highest BCUT2D eigenvalue weighted by Crippen LogP contribution is 2.24. The van der Waals surface area contributed by atoms with E-state index in [1.807, 2.05) is 0 Å². The van der Waals surface area contributed by atoms with Crippen LogP contribution in [-0.4, -0.2) is 12.1 Å². The molecule has 0 fully saturated rings. The first-order chi connectivity index (χ1) is 8.85. The number of rotatable bonds is 3. The lowest BCUT2D eigenvalue weighted by Gasteiger charge is -2.08. The van der Waals surface area contributed by atoms with Crippen LogP contribution in [0.5, 0.6) is 5.75 Å². The summed E-state index contributed by atoms with van der Waals surface area (Å²) in [5, 5.41) is 0. The third-order valence-corrected chi connectivity index (χ3v) is 2.57. The van der Waals surface area contributed by atoms with Gasteiger partial charge in [-0.2, -0.15) is 0 Å². The molecule has 1 aromatic carbocycles. The molecule has 100 valence electrons. The number of carbonyl (C=O) groups is 1. The molecular weight excluding hydrogens is 329 g/mol. The van der Waals surface area contributed by atoms with Gasteiger partial charge in [0, 0.05) is 5.56 Å². The van der Waals surface area contributed by atoms with Gasteiger partial charge in [-0.1, -0.05) is 0 Å². The standard InChI is InChI=1S/C12H6BrF3O3/c13-10-6-5-9(18-10)11(17)7-1-3-8(4-2-7)19-12(14,15)16/h1-6H. The van der Waals surface area contributed by atoms with Crippen LogP contribution in [0.2, 0.25) is 0 Å². The Morgan fingerprint density at radius 1 is 1.11 bits per heavy atom. The number of benzene rings is 1. The van der Waals surface area contributed by atoms with Gasteiger partial charge in [0.05, 0.1) is 0 Å². The third-order valence-electron chi connectivity index (χ3n) is 2.15. The van der Waals surface area contributed by atoms with Gasteiger partial charge < -0.3 is 9.15 Å². The second kappa shape index (κ2) is 5.08. The summed E-state index contributed by atoms with van der Waals surface area (Å²) in [4.78, 5) is 11.9. The summed E-state index contributed by atoms with van der Waals surface area (Å²) in [7, 11) is 0. The lowest BCUT2D eigenvalue weighted by atomic mass is 10.1. The number of halogens is 4. The Morgan fingerprint density at radius 3 is 2.21 bits per heavy atom. The maximum Gasteiger partial charge on any atom is 0.573 e. The van der Waals surface area contributed by atoms with Gasteiger partial charge in [0.1, 0.15) is 5.75 Å². The molecule has 2 rings (SSSR count). The highest BCUT2D eigenvalue weighted by molar-refractivity contribution is 9.10. The van der Waals surface area contributed by atoms with Crippen molar-refractivity contribution in [2.45, 2.75) is 6.36 Å². The molecule has 0 aliphatic heterocycles. The largest absolute Gasteiger partial charge is 0.573 e. The van der Waals surface area contributed by atoms with Crippen molar-refractivity contribution in [2.75, 3.05) is 0 Å². The van der Waals surface area contributed by atoms with E-state index in [9.17, 15) is 18.0 Å². The Kier molecular flexibility index (Phi) is 3.66. The zero-order valence-electron chi connectivity index (χ0n) is 9.20. The number of alkyl halides is 3. The molecular formula is C12H6BrF3O3. The number of carbonyl (C=O) groups excluding carboxylic acids is 1. The lowest BCUT2D eigenvalue weighted by Crippen LogP contribution is -2.17. The maximum atomic E-state index is 12.0. The molecule has 1 aromatic heterocycles. The number of ether oxygens (including phenoxy) is 1. The Balaban J connectivity index is 2.16. The number of ketones is 1. The molecule has 3 nitrogen and oxygen atoms in total. The minimum absolute atomic E-state index is 0.0939. The van der Waals surface area contributed by atoms with Crippen molar-refractivity contribution in [1.82, 2.24) is 0 Å². The predicted molar refractivity (Wildman–Crippen MR) is 63.0 cm³/mol. The van der Waals surface area contributed by atoms with E-state index in [4.69, 9.17) is 4.42 Å². The van der Waals surface area contributed by atoms with E-state index in [1.165, 1.54) is 18.2 Å². The van der Waals surface area contributed by atoms with Crippen LogP contribution in [0.25, 0.3) is 0 Å². The molecule has 19 heavy (non-hydrogen) atoms. The normalized spacial score (nSPS) is 11.4. The van der Waals surface area contributed by atoms with Crippen LogP contribution in [0.1, 0.15) is 16.1 Å². The maximum absolute atomic E-state index is 12.0. The summed E-state index contributed by atoms with van der Waals surface area (Å²) in [6.07, 6.45) is -4.75. The predicted octanol–water partition coefficient (Wildman–Crippen LogP) is 4.17. The number of furan rings is 1. The van der Waals surface area contributed by atoms with Gasteiger partial charge in [-0.15, -0.1) is 13.2 Å². The third kappa shape index (κ3) is 3.60. The van der Waals surface area contributed by atoms with Crippen LogP contribution < -0.4 is 4.74 Å². The Morgan fingerprint density at radius 2 is 1.74 bits per heavy atom. The van der Waals surface area contributed by atoms with E-state index in [-0.39, 0.29) is 17.1 Å². The molecule has 1 heterocycles. The number of hydrogen-bond acceptors (Lipinski definition) is 3. The van der Waals surface area contributed by atoms with Crippen molar-refractivity contribution in [3.05, 3.63) is 52.4 Å². The molecule has 0 amide bonds. The van der Waals surface area contributed by atoms with E-state index >= 15 is 0 Å². The Labute approximate surface area is 114 Å². The van der Waals surface area contributed by atoms with E-state index in [2.05, 4.69) is 20.7 Å². The molecule has 0 bridgehead atoms. The monoisotopic (exact) mass is 334 g/mol. The Bertz CT molecular complexity index is 587. The van der Waals surface area contributed by atoms with Gasteiger partial charge in [-0.05, 0) is 52.3 Å². The molecule has 0 aliphatic carbocycles. The summed E-state index contributed by atoms with van der Waals surface area (Å²) >= 11 is 3.05. The van der Waals surface area contributed by atoms with Crippen LogP contribution in [0.3, 0.4) is 0 Å². The van der Waals surface area contributed by atoms with E-state index in [1.54, 1.807) is 6.07 Å². The van der Waals surface area contributed by atoms with Crippen molar-refractivity contribution in [3.8, 4) is 5.75 Å². The summed E-state index contributed by atoms with van der Waals surface area (Å²) < 4.78 is 45.0. The molecule has 0 aliphatic rings. The molecule has 0 N–H and O–H groups in total. The average Bonchev–Trinajstić information content (AvgIpc) is 2.74. The van der Waals surface area contributed by atoms with Crippen molar-refractivity contribution in [2.24, 2.45) is 0 Å². The SMILES string of the molecule is O=C(c1ccc(OC(F)(F)F)cc1)c1ccc(Br)o1. The van der Waals surface area contributed by atoms with Crippen LogP contribution in [-0.2, 0) is 0 Å². The second-order valence-electron chi connectivity index (χ2n) is 3.51. The molecule has 7 heteroatoms. The fourth-order valence-corrected chi connectivity index (χ4v) is 1.69. The molecule has 0 radical (unpaired) electrons. The lowest BCUT2D eigenvalue weighted by molar-refractivity contribution is -0.274. The summed E-state index contributed by atoms with van der Waals surface area (Å²) in [5.74, 6) is -0.717. The van der Waals surface area contributed by atoms with Gasteiger partial charge in [-0.25, -0.2) is 0 Å². The number of hydrogen-bond donors (Lipinski definition) is 0. The summed E-state index contributed by atoms with van der Waals surface area (Å²) in [6.45, 7) is 0. The molecule has 0 atom stereocenters. The minimum atomic E-state index is -4.75. The summed E-state index contributed by atoms with van der Waals surface area (Å²) in [5.41, 5.74) is 0.205. The first kappa shape index (κ1) is 13.7. The first-order valence-corrected chi connectivity index (χ1v) is 5.80. The second-order valence-corrected chi connectivity index (χ2v) is 4.29. The minimum Gasteiger partial charge on any atom is -0.446 e. The molecule has 0 unspecified atom stereocenters. The highest BCUT2D eigenvalue weighted by Gasteiger charge is 2.31. The van der Waals surface area contributed by atoms with Crippen molar-refractivity contribution < 1.29 is 27.1 Å². The van der Waals surface area contributed by atoms with Crippen molar-refractivity contribution >= 4 is 21.7 Å². The zero-order chi connectivity index (χ0) is 14.0. The van der Waals surface area contributed by atoms with Crippen LogP contribution in [0, 0.1) is 0 Å². The van der Waals surface area contributed by atoms with Crippen molar-refractivity contribution in [1.29, 1.82) is 0 Å². The highest BCUT2D eigenvalue weighted by atomic mass is 79.9. The van der Waals surface area contributed by atoms with Crippen LogP contribution >= 0.6 is 15.9 Å². The fraction of sp³-hybridized carbons (Fsp3) is 0.0833. The van der Waals surface area contributed by atoms with Crippen LogP contribution in [0.15, 0.2) is 45.5 Å². The van der Waals surface area contributed by atoms with Gasteiger partial charge in [0.25, 0.3) is 0 Å². The quantitative estimate of drug-likeness (QED) is 0.791. The molecule has 0 spiro atoms.